The number of benzene rings is 1. The molecule has 4 rings (SSSR count). The lowest BCUT2D eigenvalue weighted by molar-refractivity contribution is -0.148. The number of aromatic nitrogens is 4. The van der Waals surface area contributed by atoms with Crippen LogP contribution in [0.5, 0.6) is 0 Å². The first-order valence-electron chi connectivity index (χ1n) is 7.75. The van der Waals surface area contributed by atoms with E-state index in [2.05, 4.69) is 15.2 Å². The smallest absolute Gasteiger partial charge is 0.351 e. The van der Waals surface area contributed by atoms with E-state index in [1.165, 1.54) is 4.90 Å². The Bertz CT molecular complexity index is 925. The molecular formula is C16H14F3N5O. The van der Waals surface area contributed by atoms with Gasteiger partial charge in [0.1, 0.15) is 5.69 Å². The van der Waals surface area contributed by atoms with E-state index in [1.54, 1.807) is 13.0 Å². The highest BCUT2D eigenvalue weighted by Crippen LogP contribution is 2.33. The second-order valence-corrected chi connectivity index (χ2v) is 5.98. The van der Waals surface area contributed by atoms with Crippen molar-refractivity contribution in [2.75, 3.05) is 6.54 Å². The van der Waals surface area contributed by atoms with Gasteiger partial charge >= 0.3 is 6.18 Å². The van der Waals surface area contributed by atoms with Crippen molar-refractivity contribution in [1.29, 1.82) is 0 Å². The number of amides is 1. The fourth-order valence-corrected chi connectivity index (χ4v) is 3.22. The average molecular weight is 349 g/mol. The molecule has 2 aromatic heterocycles. The molecule has 0 radical (unpaired) electrons. The van der Waals surface area contributed by atoms with E-state index >= 15 is 0 Å². The fourth-order valence-electron chi connectivity index (χ4n) is 3.22. The van der Waals surface area contributed by atoms with Crippen LogP contribution < -0.4 is 0 Å². The van der Waals surface area contributed by atoms with E-state index < -0.39 is 18.0 Å². The van der Waals surface area contributed by atoms with Crippen molar-refractivity contribution in [3.63, 3.8) is 0 Å². The highest BCUT2D eigenvalue weighted by Gasteiger charge is 2.41. The number of hydrogen-bond acceptors (Lipinski definition) is 3. The monoisotopic (exact) mass is 349 g/mol. The number of para-hydroxylation sites is 1. The summed E-state index contributed by atoms with van der Waals surface area (Å²) in [6.07, 6.45) is -4.56. The van der Waals surface area contributed by atoms with Gasteiger partial charge in [-0.1, -0.05) is 18.2 Å². The van der Waals surface area contributed by atoms with Crippen LogP contribution in [-0.2, 0) is 12.7 Å². The highest BCUT2D eigenvalue weighted by atomic mass is 19.4. The van der Waals surface area contributed by atoms with E-state index in [4.69, 9.17) is 0 Å². The lowest BCUT2D eigenvalue weighted by Gasteiger charge is -2.33. The molecule has 1 aliphatic heterocycles. The largest absolute Gasteiger partial charge is 0.451 e. The molecule has 0 bridgehead atoms. The van der Waals surface area contributed by atoms with E-state index in [9.17, 15) is 18.0 Å². The second-order valence-electron chi connectivity index (χ2n) is 5.98. The molecule has 1 unspecified atom stereocenters. The van der Waals surface area contributed by atoms with Gasteiger partial charge in [-0.15, -0.1) is 10.2 Å². The summed E-state index contributed by atoms with van der Waals surface area (Å²) in [5, 5.41) is 7.83. The molecular weight excluding hydrogens is 335 g/mol. The standard InChI is InChI=1S/C16H14F3N5O/c1-9-13-21-22-15(16(17,18)19)24(13)7-6-23(9)14(25)12-8-10-4-2-3-5-11(10)20-12/h2-5,8-9,20H,6-7H2,1H3. The number of fused-ring (bicyclic) bond motifs is 2. The van der Waals surface area contributed by atoms with Crippen LogP contribution in [0.25, 0.3) is 10.9 Å². The normalized spacial score (nSPS) is 17.8. The maximum atomic E-state index is 13.0. The number of carbonyl (C=O) groups is 1. The van der Waals surface area contributed by atoms with Crippen LogP contribution in [0, 0.1) is 0 Å². The van der Waals surface area contributed by atoms with Crippen molar-refractivity contribution < 1.29 is 18.0 Å². The molecule has 1 N–H and O–H groups in total. The third-order valence-corrected chi connectivity index (χ3v) is 4.46. The zero-order valence-electron chi connectivity index (χ0n) is 13.2. The lowest BCUT2D eigenvalue weighted by Crippen LogP contribution is -2.42. The molecule has 0 saturated carbocycles. The van der Waals surface area contributed by atoms with Crippen LogP contribution in [0.4, 0.5) is 13.2 Å². The van der Waals surface area contributed by atoms with Crippen LogP contribution in [0.2, 0.25) is 0 Å². The summed E-state index contributed by atoms with van der Waals surface area (Å²) in [6.45, 7) is 1.82. The summed E-state index contributed by atoms with van der Waals surface area (Å²) in [7, 11) is 0. The molecule has 1 atom stereocenters. The van der Waals surface area contributed by atoms with Gasteiger partial charge in [0.05, 0.1) is 6.04 Å². The SMILES string of the molecule is CC1c2nnc(C(F)(F)F)n2CCN1C(=O)c1cc2ccccc2[nH]1. The van der Waals surface area contributed by atoms with Crippen molar-refractivity contribution >= 4 is 16.8 Å². The van der Waals surface area contributed by atoms with E-state index in [0.29, 0.717) is 5.69 Å². The van der Waals surface area contributed by atoms with Crippen molar-refractivity contribution in [3.8, 4) is 0 Å². The second kappa shape index (κ2) is 5.33. The van der Waals surface area contributed by atoms with Gasteiger partial charge in [-0.25, -0.2) is 0 Å². The maximum Gasteiger partial charge on any atom is 0.451 e. The Hall–Kier alpha value is -2.84. The topological polar surface area (TPSA) is 66.8 Å². The molecule has 6 nitrogen and oxygen atoms in total. The minimum atomic E-state index is -4.56. The molecule has 130 valence electrons. The Morgan fingerprint density at radius 2 is 2.00 bits per heavy atom. The van der Waals surface area contributed by atoms with Gasteiger partial charge in [0.25, 0.3) is 5.91 Å². The number of nitrogens with one attached hydrogen (secondary N) is 1. The minimum absolute atomic E-state index is 0.00743. The minimum Gasteiger partial charge on any atom is -0.351 e. The Morgan fingerprint density at radius 3 is 2.72 bits per heavy atom. The molecule has 9 heteroatoms. The van der Waals surface area contributed by atoms with Gasteiger partial charge in [-0.2, -0.15) is 13.2 Å². The first-order valence-corrected chi connectivity index (χ1v) is 7.75. The summed E-state index contributed by atoms with van der Waals surface area (Å²) in [6, 6.07) is 8.61. The Labute approximate surface area is 140 Å². The summed E-state index contributed by atoms with van der Waals surface area (Å²) >= 11 is 0. The van der Waals surface area contributed by atoms with Gasteiger partial charge in [0, 0.05) is 24.0 Å². The summed E-state index contributed by atoms with van der Waals surface area (Å²) in [4.78, 5) is 17.4. The van der Waals surface area contributed by atoms with E-state index in [-0.39, 0.29) is 24.8 Å². The number of aromatic amines is 1. The molecule has 0 saturated heterocycles. The van der Waals surface area contributed by atoms with Crippen LogP contribution in [0.15, 0.2) is 30.3 Å². The first-order chi connectivity index (χ1) is 11.9. The van der Waals surface area contributed by atoms with E-state index in [1.807, 2.05) is 24.3 Å². The summed E-state index contributed by atoms with van der Waals surface area (Å²) < 4.78 is 39.9. The number of halogens is 3. The van der Waals surface area contributed by atoms with Gasteiger partial charge in [-0.3, -0.25) is 4.79 Å². The van der Waals surface area contributed by atoms with Gasteiger partial charge in [-0.05, 0) is 19.1 Å². The van der Waals surface area contributed by atoms with Gasteiger partial charge < -0.3 is 14.5 Å². The Balaban J connectivity index is 1.66. The third kappa shape index (κ3) is 2.46. The fraction of sp³-hybridized carbons (Fsp3) is 0.312. The maximum absolute atomic E-state index is 13.0. The summed E-state index contributed by atoms with van der Waals surface area (Å²) in [5.74, 6) is -1.15. The number of H-pyrrole nitrogens is 1. The van der Waals surface area contributed by atoms with Crippen LogP contribution in [-0.4, -0.2) is 37.1 Å². The molecule has 0 aliphatic carbocycles. The first kappa shape index (κ1) is 15.7. The zero-order chi connectivity index (χ0) is 17.8. The Morgan fingerprint density at radius 1 is 1.24 bits per heavy atom. The number of nitrogens with zero attached hydrogens (tertiary/aromatic N) is 4. The van der Waals surface area contributed by atoms with Crippen LogP contribution in [0.1, 0.15) is 35.1 Å². The van der Waals surface area contributed by atoms with Crippen molar-refractivity contribution in [3.05, 3.63) is 47.7 Å². The third-order valence-electron chi connectivity index (χ3n) is 4.46. The van der Waals surface area contributed by atoms with Gasteiger partial charge in [0.15, 0.2) is 5.82 Å². The molecule has 0 fully saturated rings. The number of rotatable bonds is 1. The van der Waals surface area contributed by atoms with Crippen LogP contribution in [0.3, 0.4) is 0 Å². The zero-order valence-corrected chi connectivity index (χ0v) is 13.2. The molecule has 3 aromatic rings. The molecule has 1 aromatic carbocycles. The molecule has 1 aliphatic rings. The average Bonchev–Trinajstić information content (AvgIpc) is 3.18. The van der Waals surface area contributed by atoms with Crippen molar-refractivity contribution in [1.82, 2.24) is 24.6 Å². The number of alkyl halides is 3. The predicted molar refractivity (Wildman–Crippen MR) is 82.8 cm³/mol. The summed E-state index contributed by atoms with van der Waals surface area (Å²) in [5.41, 5.74) is 1.23. The van der Waals surface area contributed by atoms with Crippen molar-refractivity contribution in [2.45, 2.75) is 25.7 Å². The number of hydrogen-bond donors (Lipinski definition) is 1. The molecule has 25 heavy (non-hydrogen) atoms. The lowest BCUT2D eigenvalue weighted by atomic mass is 10.2. The Kier molecular flexibility index (Phi) is 3.34. The molecule has 3 heterocycles. The quantitative estimate of drug-likeness (QED) is 0.734. The molecule has 1 amide bonds. The molecule has 0 spiro atoms. The number of carbonyl (C=O) groups excluding carboxylic acids is 1. The highest BCUT2D eigenvalue weighted by molar-refractivity contribution is 5.98. The van der Waals surface area contributed by atoms with Crippen molar-refractivity contribution in [2.24, 2.45) is 0 Å². The van der Waals surface area contributed by atoms with Crippen LogP contribution >= 0.6 is 0 Å². The predicted octanol–water partition coefficient (Wildman–Crippen LogP) is 3.00. The van der Waals surface area contributed by atoms with Gasteiger partial charge in [0.2, 0.25) is 5.82 Å². The van der Waals surface area contributed by atoms with E-state index in [0.717, 1.165) is 15.5 Å².